The largest absolute Gasteiger partial charge is 0.356 e. The summed E-state index contributed by atoms with van der Waals surface area (Å²) in [5.74, 6) is 0.499. The second kappa shape index (κ2) is 7.55. The summed E-state index contributed by atoms with van der Waals surface area (Å²) in [5.41, 5.74) is 4.01. The standard InChI is InChI=1S/C19H20N4O/c1-14-5-2-3-6-15(14)7-4-10-21-19-22-17(13-18(24)23-19)16-8-11-20-12-9-16/h2-3,5-6,8-9,11-13H,4,7,10H2,1H3,(H2,21,22,23,24). The van der Waals surface area contributed by atoms with Crippen molar-refractivity contribution in [2.24, 2.45) is 0 Å². The SMILES string of the molecule is Cc1ccccc1CCCNc1nc(-c2ccncc2)cc(=O)[nH]1. The quantitative estimate of drug-likeness (QED) is 0.684. The molecule has 0 spiro atoms. The number of hydrogen-bond donors (Lipinski definition) is 2. The van der Waals surface area contributed by atoms with Crippen LogP contribution in [0.4, 0.5) is 5.95 Å². The average Bonchev–Trinajstić information content (AvgIpc) is 2.60. The molecule has 0 bridgehead atoms. The number of H-pyrrole nitrogens is 1. The number of rotatable bonds is 6. The summed E-state index contributed by atoms with van der Waals surface area (Å²) < 4.78 is 0. The Labute approximate surface area is 140 Å². The number of hydrogen-bond acceptors (Lipinski definition) is 4. The van der Waals surface area contributed by atoms with Gasteiger partial charge >= 0.3 is 0 Å². The Hall–Kier alpha value is -2.95. The first-order chi connectivity index (χ1) is 11.7. The van der Waals surface area contributed by atoms with Crippen LogP contribution >= 0.6 is 0 Å². The van der Waals surface area contributed by atoms with E-state index in [4.69, 9.17) is 0 Å². The van der Waals surface area contributed by atoms with Crippen LogP contribution in [-0.2, 0) is 6.42 Å². The molecule has 0 fully saturated rings. The van der Waals surface area contributed by atoms with Crippen molar-refractivity contribution in [3.05, 3.63) is 76.3 Å². The molecule has 2 aromatic heterocycles. The maximum atomic E-state index is 11.8. The third kappa shape index (κ3) is 4.07. The fraction of sp³-hybridized carbons (Fsp3) is 0.211. The Morgan fingerprint density at radius 1 is 1.12 bits per heavy atom. The molecule has 0 unspecified atom stereocenters. The van der Waals surface area contributed by atoms with E-state index in [1.54, 1.807) is 12.4 Å². The highest BCUT2D eigenvalue weighted by Gasteiger charge is 2.04. The first-order valence-electron chi connectivity index (χ1n) is 8.02. The molecule has 5 heteroatoms. The molecular formula is C19H20N4O. The highest BCUT2D eigenvalue weighted by molar-refractivity contribution is 5.58. The van der Waals surface area contributed by atoms with Crippen LogP contribution < -0.4 is 10.9 Å². The first kappa shape index (κ1) is 15.9. The Kier molecular flexibility index (Phi) is 5.01. The van der Waals surface area contributed by atoms with Gasteiger partial charge in [-0.05, 0) is 43.0 Å². The molecule has 0 aliphatic carbocycles. The van der Waals surface area contributed by atoms with Crippen LogP contribution in [0.25, 0.3) is 11.3 Å². The minimum absolute atomic E-state index is 0.168. The summed E-state index contributed by atoms with van der Waals surface area (Å²) in [7, 11) is 0. The molecule has 0 amide bonds. The fourth-order valence-corrected chi connectivity index (χ4v) is 2.59. The molecule has 0 radical (unpaired) electrons. The third-order valence-corrected chi connectivity index (χ3v) is 3.89. The predicted octanol–water partition coefficient (Wildman–Crippen LogP) is 3.19. The van der Waals surface area contributed by atoms with E-state index in [0.717, 1.165) is 24.9 Å². The van der Waals surface area contributed by atoms with Gasteiger partial charge in [-0.2, -0.15) is 0 Å². The smallest absolute Gasteiger partial charge is 0.252 e. The molecule has 3 aromatic rings. The van der Waals surface area contributed by atoms with E-state index in [1.807, 2.05) is 12.1 Å². The Bertz CT molecular complexity index is 858. The van der Waals surface area contributed by atoms with Gasteiger partial charge in [-0.3, -0.25) is 14.8 Å². The monoisotopic (exact) mass is 320 g/mol. The molecule has 0 aliphatic rings. The van der Waals surface area contributed by atoms with Crippen molar-refractivity contribution in [3.63, 3.8) is 0 Å². The first-order valence-corrected chi connectivity index (χ1v) is 8.02. The summed E-state index contributed by atoms with van der Waals surface area (Å²) in [6.45, 7) is 2.87. The molecule has 3 rings (SSSR count). The average molecular weight is 320 g/mol. The Morgan fingerprint density at radius 2 is 1.92 bits per heavy atom. The van der Waals surface area contributed by atoms with Gasteiger partial charge in [0.15, 0.2) is 0 Å². The summed E-state index contributed by atoms with van der Waals surface area (Å²) in [5, 5.41) is 3.20. The third-order valence-electron chi connectivity index (χ3n) is 3.89. The van der Waals surface area contributed by atoms with Crippen molar-refractivity contribution in [2.75, 3.05) is 11.9 Å². The number of aromatic nitrogens is 3. The maximum absolute atomic E-state index is 11.8. The van der Waals surface area contributed by atoms with Crippen LogP contribution in [0.15, 0.2) is 59.7 Å². The number of anilines is 1. The van der Waals surface area contributed by atoms with Gasteiger partial charge in [0.2, 0.25) is 5.95 Å². The van der Waals surface area contributed by atoms with Crippen LogP contribution in [0.3, 0.4) is 0 Å². The lowest BCUT2D eigenvalue weighted by molar-refractivity contribution is 0.846. The zero-order valence-electron chi connectivity index (χ0n) is 13.6. The lowest BCUT2D eigenvalue weighted by Gasteiger charge is -2.08. The molecule has 0 saturated carbocycles. The molecule has 0 saturated heterocycles. The van der Waals surface area contributed by atoms with Crippen LogP contribution in [0.2, 0.25) is 0 Å². The van der Waals surface area contributed by atoms with Gasteiger partial charge in [-0.15, -0.1) is 0 Å². The zero-order chi connectivity index (χ0) is 16.8. The highest BCUT2D eigenvalue weighted by Crippen LogP contribution is 2.15. The molecule has 1 aromatic carbocycles. The molecule has 2 heterocycles. The molecule has 2 N–H and O–H groups in total. The van der Waals surface area contributed by atoms with Gasteiger partial charge in [-0.25, -0.2) is 4.98 Å². The molecule has 24 heavy (non-hydrogen) atoms. The number of nitrogens with zero attached hydrogens (tertiary/aromatic N) is 2. The fourth-order valence-electron chi connectivity index (χ4n) is 2.59. The van der Waals surface area contributed by atoms with Gasteiger partial charge in [0.05, 0.1) is 5.69 Å². The predicted molar refractivity (Wildman–Crippen MR) is 96.1 cm³/mol. The topological polar surface area (TPSA) is 70.7 Å². The van der Waals surface area contributed by atoms with E-state index in [-0.39, 0.29) is 5.56 Å². The van der Waals surface area contributed by atoms with Gasteiger partial charge in [0.1, 0.15) is 0 Å². The number of aromatic amines is 1. The van der Waals surface area contributed by atoms with E-state index >= 15 is 0 Å². The number of aryl methyl sites for hydroxylation is 2. The lowest BCUT2D eigenvalue weighted by Crippen LogP contribution is -2.14. The number of benzene rings is 1. The minimum Gasteiger partial charge on any atom is -0.356 e. The number of pyridine rings is 1. The van der Waals surface area contributed by atoms with E-state index in [9.17, 15) is 4.79 Å². The Morgan fingerprint density at radius 3 is 2.71 bits per heavy atom. The van der Waals surface area contributed by atoms with Crippen LogP contribution in [0.5, 0.6) is 0 Å². The molecule has 0 aliphatic heterocycles. The minimum atomic E-state index is -0.168. The zero-order valence-corrected chi connectivity index (χ0v) is 13.6. The summed E-state index contributed by atoms with van der Waals surface area (Å²) in [4.78, 5) is 23.0. The van der Waals surface area contributed by atoms with Crippen LogP contribution in [-0.4, -0.2) is 21.5 Å². The van der Waals surface area contributed by atoms with Gasteiger partial charge in [-0.1, -0.05) is 24.3 Å². The van der Waals surface area contributed by atoms with Gasteiger partial charge in [0.25, 0.3) is 5.56 Å². The van der Waals surface area contributed by atoms with E-state index < -0.39 is 0 Å². The van der Waals surface area contributed by atoms with Crippen molar-refractivity contribution < 1.29 is 0 Å². The van der Waals surface area contributed by atoms with Crippen LogP contribution in [0.1, 0.15) is 17.5 Å². The summed E-state index contributed by atoms with van der Waals surface area (Å²) in [6, 6.07) is 13.6. The molecule has 122 valence electrons. The molecule has 0 atom stereocenters. The van der Waals surface area contributed by atoms with E-state index in [0.29, 0.717) is 11.6 Å². The maximum Gasteiger partial charge on any atom is 0.252 e. The van der Waals surface area contributed by atoms with Gasteiger partial charge in [0, 0.05) is 30.6 Å². The van der Waals surface area contributed by atoms with Crippen molar-refractivity contribution in [3.8, 4) is 11.3 Å². The van der Waals surface area contributed by atoms with E-state index in [1.165, 1.54) is 17.2 Å². The van der Waals surface area contributed by atoms with Crippen molar-refractivity contribution in [2.45, 2.75) is 19.8 Å². The van der Waals surface area contributed by atoms with Gasteiger partial charge < -0.3 is 5.32 Å². The summed E-state index contributed by atoms with van der Waals surface area (Å²) in [6.07, 6.45) is 5.34. The normalized spacial score (nSPS) is 10.5. The van der Waals surface area contributed by atoms with Crippen molar-refractivity contribution >= 4 is 5.95 Å². The van der Waals surface area contributed by atoms with E-state index in [2.05, 4.69) is 51.5 Å². The lowest BCUT2D eigenvalue weighted by atomic mass is 10.0. The second-order valence-corrected chi connectivity index (χ2v) is 5.67. The highest BCUT2D eigenvalue weighted by atomic mass is 16.1. The molecule has 5 nitrogen and oxygen atoms in total. The van der Waals surface area contributed by atoms with Crippen LogP contribution in [0, 0.1) is 6.92 Å². The van der Waals surface area contributed by atoms with Crippen molar-refractivity contribution in [1.82, 2.24) is 15.0 Å². The number of nitrogens with one attached hydrogen (secondary N) is 2. The molecular weight excluding hydrogens is 300 g/mol. The second-order valence-electron chi connectivity index (χ2n) is 5.67. The summed E-state index contributed by atoms with van der Waals surface area (Å²) >= 11 is 0. The Balaban J connectivity index is 1.62. The van der Waals surface area contributed by atoms with Crippen molar-refractivity contribution in [1.29, 1.82) is 0 Å².